The van der Waals surface area contributed by atoms with Gasteiger partial charge in [0.25, 0.3) is 17.5 Å². The van der Waals surface area contributed by atoms with Crippen molar-refractivity contribution in [2.45, 2.75) is 38.8 Å². The highest BCUT2D eigenvalue weighted by Crippen LogP contribution is 2.38. The van der Waals surface area contributed by atoms with Gasteiger partial charge >= 0.3 is 18.1 Å². The van der Waals surface area contributed by atoms with Crippen LogP contribution in [0.1, 0.15) is 52.6 Å². The van der Waals surface area contributed by atoms with Gasteiger partial charge in [0.15, 0.2) is 11.5 Å². The Morgan fingerprint density at radius 2 is 1.56 bits per heavy atom. The molecule has 3 aromatic carbocycles. The van der Waals surface area contributed by atoms with Gasteiger partial charge in [-0.2, -0.15) is 18.2 Å². The third-order valence-electron chi connectivity index (χ3n) is 6.33. The summed E-state index contributed by atoms with van der Waals surface area (Å²) < 4.78 is 57.5. The maximum atomic E-state index is 14.1. The molecule has 0 aliphatic carbocycles. The lowest BCUT2D eigenvalue weighted by Gasteiger charge is -2.35. The Bertz CT molecular complexity index is 1630. The highest BCUT2D eigenvalue weighted by molar-refractivity contribution is 6.22. The number of amidine groups is 1. The number of hydrogen-bond donors (Lipinski definition) is 4. The third-order valence-corrected chi connectivity index (χ3v) is 6.33. The third kappa shape index (κ3) is 6.66. The Balaban J connectivity index is 1.91. The number of carbonyl (C=O) groups excluding carboxylic acids is 4. The molecule has 1 aliphatic heterocycles. The standard InChI is InChI=1S/C30H28F3N5O7/c1-4-43-23-15-18(11-14-22(23)44-16(2)3)29(45-28(42)30(31,32)33,36-19-12-9-17(10-13-19)24(34)35)27(41)37-38-25(39)20-7-5-6-8-21(20)26(38)40/h5-16,36H,4H2,1-3H3,(H3,34,35)(H,37,41). The number of ether oxygens (including phenoxy) is 3. The second-order valence-electron chi connectivity index (χ2n) is 9.88. The molecule has 1 aliphatic rings. The number of nitrogens with zero attached hydrogens (tertiary/aromatic N) is 1. The van der Waals surface area contributed by atoms with E-state index in [9.17, 15) is 32.3 Å². The van der Waals surface area contributed by atoms with Crippen LogP contribution in [-0.4, -0.2) is 53.4 Å². The van der Waals surface area contributed by atoms with Gasteiger partial charge in [0.05, 0.1) is 23.8 Å². The molecule has 0 fully saturated rings. The van der Waals surface area contributed by atoms with Crippen LogP contribution in [0.15, 0.2) is 66.7 Å². The Morgan fingerprint density at radius 3 is 2.07 bits per heavy atom. The molecule has 0 aromatic heterocycles. The minimum atomic E-state index is -5.58. The van der Waals surface area contributed by atoms with Crippen molar-refractivity contribution >= 4 is 35.2 Å². The van der Waals surface area contributed by atoms with Crippen molar-refractivity contribution in [1.82, 2.24) is 10.4 Å². The smallest absolute Gasteiger partial charge is 0.490 e. The molecule has 236 valence electrons. The van der Waals surface area contributed by atoms with Gasteiger partial charge in [-0.3, -0.25) is 25.2 Å². The summed E-state index contributed by atoms with van der Waals surface area (Å²) in [5, 5.41) is 10.4. The number of fused-ring (bicyclic) bond motifs is 1. The van der Waals surface area contributed by atoms with Crippen molar-refractivity contribution in [3.8, 4) is 11.5 Å². The number of esters is 1. The number of carbonyl (C=O) groups is 4. The van der Waals surface area contributed by atoms with Crippen molar-refractivity contribution in [2.75, 3.05) is 11.9 Å². The quantitative estimate of drug-likeness (QED) is 0.0810. The van der Waals surface area contributed by atoms with E-state index in [4.69, 9.17) is 25.4 Å². The molecule has 4 rings (SSSR count). The number of anilines is 1. The van der Waals surface area contributed by atoms with Gasteiger partial charge in [-0.05, 0) is 75.4 Å². The largest absolute Gasteiger partial charge is 0.491 e. The Hall–Kier alpha value is -5.60. The number of benzene rings is 3. The second-order valence-corrected chi connectivity index (χ2v) is 9.88. The summed E-state index contributed by atoms with van der Waals surface area (Å²) in [6.07, 6.45) is -5.93. The van der Waals surface area contributed by atoms with Gasteiger partial charge in [0.1, 0.15) is 5.84 Å². The van der Waals surface area contributed by atoms with E-state index in [0.717, 1.165) is 12.1 Å². The zero-order chi connectivity index (χ0) is 33.1. The van der Waals surface area contributed by atoms with E-state index in [1.165, 1.54) is 54.6 Å². The molecule has 12 nitrogen and oxygen atoms in total. The molecule has 1 atom stereocenters. The van der Waals surface area contributed by atoms with Crippen molar-refractivity contribution < 1.29 is 46.6 Å². The molecule has 0 saturated carbocycles. The minimum absolute atomic E-state index is 0.0154. The summed E-state index contributed by atoms with van der Waals surface area (Å²) in [7, 11) is 0. The van der Waals surface area contributed by atoms with E-state index in [-0.39, 0.29) is 52.4 Å². The number of hydrazine groups is 1. The molecule has 0 spiro atoms. The molecular formula is C30H28F3N5O7. The first kappa shape index (κ1) is 32.3. The molecule has 15 heteroatoms. The molecule has 0 saturated heterocycles. The molecule has 1 unspecified atom stereocenters. The summed E-state index contributed by atoms with van der Waals surface area (Å²) in [6.45, 7) is 5.16. The first-order valence-corrected chi connectivity index (χ1v) is 13.4. The van der Waals surface area contributed by atoms with E-state index in [2.05, 4.69) is 5.32 Å². The molecule has 0 radical (unpaired) electrons. The Labute approximate surface area is 254 Å². The fourth-order valence-corrected chi connectivity index (χ4v) is 4.34. The summed E-state index contributed by atoms with van der Waals surface area (Å²) in [4.78, 5) is 52.7. The Morgan fingerprint density at radius 1 is 0.956 bits per heavy atom. The van der Waals surface area contributed by atoms with Gasteiger partial charge in [-0.1, -0.05) is 12.1 Å². The van der Waals surface area contributed by atoms with E-state index in [1.807, 2.05) is 5.43 Å². The number of nitrogens with two attached hydrogens (primary N) is 1. The van der Waals surface area contributed by atoms with Crippen LogP contribution < -0.4 is 25.9 Å². The normalized spacial score (nSPS) is 14.0. The molecule has 1 heterocycles. The summed E-state index contributed by atoms with van der Waals surface area (Å²) in [6, 6.07) is 14.4. The number of nitrogens with one attached hydrogen (secondary N) is 3. The van der Waals surface area contributed by atoms with Gasteiger partial charge in [-0.15, -0.1) is 0 Å². The van der Waals surface area contributed by atoms with E-state index in [1.54, 1.807) is 20.8 Å². The van der Waals surface area contributed by atoms with Crippen molar-refractivity contribution in [2.24, 2.45) is 5.73 Å². The van der Waals surface area contributed by atoms with E-state index < -0.39 is 41.2 Å². The first-order valence-electron chi connectivity index (χ1n) is 13.4. The van der Waals surface area contributed by atoms with Crippen LogP contribution in [0.25, 0.3) is 0 Å². The number of amides is 3. The lowest BCUT2D eigenvalue weighted by atomic mass is 9.99. The molecule has 0 bridgehead atoms. The maximum Gasteiger partial charge on any atom is 0.491 e. The van der Waals surface area contributed by atoms with Gasteiger partial charge in [0.2, 0.25) is 0 Å². The van der Waals surface area contributed by atoms with Crippen molar-refractivity contribution in [3.63, 3.8) is 0 Å². The van der Waals surface area contributed by atoms with Crippen LogP contribution in [0, 0.1) is 5.41 Å². The zero-order valence-corrected chi connectivity index (χ0v) is 24.2. The van der Waals surface area contributed by atoms with Crippen molar-refractivity contribution in [1.29, 1.82) is 5.41 Å². The predicted molar refractivity (Wildman–Crippen MR) is 153 cm³/mol. The average molecular weight is 628 g/mol. The molecule has 45 heavy (non-hydrogen) atoms. The highest BCUT2D eigenvalue weighted by atomic mass is 19.4. The Kier molecular flexibility index (Phi) is 9.02. The fourth-order valence-electron chi connectivity index (χ4n) is 4.34. The minimum Gasteiger partial charge on any atom is -0.490 e. The number of nitrogen functional groups attached to an aromatic ring is 1. The zero-order valence-electron chi connectivity index (χ0n) is 24.2. The van der Waals surface area contributed by atoms with Crippen LogP contribution in [-0.2, 0) is 20.1 Å². The number of rotatable bonds is 11. The monoisotopic (exact) mass is 627 g/mol. The number of halogens is 3. The molecular weight excluding hydrogens is 599 g/mol. The number of imide groups is 1. The first-order chi connectivity index (χ1) is 21.2. The molecule has 5 N–H and O–H groups in total. The predicted octanol–water partition coefficient (Wildman–Crippen LogP) is 3.85. The van der Waals surface area contributed by atoms with Crippen molar-refractivity contribution in [3.05, 3.63) is 89.0 Å². The van der Waals surface area contributed by atoms with Crippen LogP contribution in [0.2, 0.25) is 0 Å². The van der Waals surface area contributed by atoms with Gasteiger partial charge < -0.3 is 25.3 Å². The second kappa shape index (κ2) is 12.6. The summed E-state index contributed by atoms with van der Waals surface area (Å²) in [5.74, 6) is -6.43. The topological polar surface area (TPSA) is 173 Å². The van der Waals surface area contributed by atoms with Crippen LogP contribution in [0.3, 0.4) is 0 Å². The lowest BCUT2D eigenvalue weighted by molar-refractivity contribution is -0.213. The summed E-state index contributed by atoms with van der Waals surface area (Å²) >= 11 is 0. The molecule has 3 amide bonds. The average Bonchev–Trinajstić information content (AvgIpc) is 3.22. The lowest BCUT2D eigenvalue weighted by Crippen LogP contribution is -2.59. The number of alkyl halides is 3. The highest BCUT2D eigenvalue weighted by Gasteiger charge is 2.53. The molecule has 3 aromatic rings. The number of hydrogen-bond acceptors (Lipinski definition) is 9. The summed E-state index contributed by atoms with van der Waals surface area (Å²) in [5.41, 5.74) is 4.08. The fraction of sp³-hybridized carbons (Fsp3) is 0.233. The van der Waals surface area contributed by atoms with Crippen LogP contribution in [0.4, 0.5) is 18.9 Å². The van der Waals surface area contributed by atoms with Crippen LogP contribution >= 0.6 is 0 Å². The van der Waals surface area contributed by atoms with E-state index in [0.29, 0.717) is 5.01 Å². The van der Waals surface area contributed by atoms with Gasteiger partial charge in [0, 0.05) is 16.8 Å². The maximum absolute atomic E-state index is 14.1. The SMILES string of the molecule is CCOc1cc(C(Nc2ccc(C(=N)N)cc2)(OC(=O)C(F)(F)F)C(=O)NN2C(=O)c3ccccc3C2=O)ccc1OC(C)C. The van der Waals surface area contributed by atoms with E-state index >= 15 is 0 Å². The van der Waals surface area contributed by atoms with Crippen LogP contribution in [0.5, 0.6) is 11.5 Å². The van der Waals surface area contributed by atoms with Gasteiger partial charge in [-0.25, -0.2) is 4.79 Å².